The molecular formula is C14H15F2NO2. The van der Waals surface area contributed by atoms with E-state index in [0.717, 1.165) is 12.1 Å². The summed E-state index contributed by atoms with van der Waals surface area (Å²) >= 11 is 0. The number of nitrogens with one attached hydrogen (secondary N) is 1. The van der Waals surface area contributed by atoms with Gasteiger partial charge in [0.1, 0.15) is 5.78 Å². The van der Waals surface area contributed by atoms with E-state index in [4.69, 9.17) is 0 Å². The topological polar surface area (TPSA) is 46.2 Å². The summed E-state index contributed by atoms with van der Waals surface area (Å²) in [6, 6.07) is 3.44. The van der Waals surface area contributed by atoms with Crippen molar-refractivity contribution in [1.29, 1.82) is 0 Å². The number of ketones is 1. The zero-order valence-corrected chi connectivity index (χ0v) is 10.4. The molecule has 102 valence electrons. The number of amides is 1. The van der Waals surface area contributed by atoms with Crippen molar-refractivity contribution in [2.75, 3.05) is 0 Å². The monoisotopic (exact) mass is 267 g/mol. The van der Waals surface area contributed by atoms with Crippen molar-refractivity contribution in [2.45, 2.75) is 38.1 Å². The van der Waals surface area contributed by atoms with E-state index in [0.29, 0.717) is 31.2 Å². The van der Waals surface area contributed by atoms with Gasteiger partial charge in [0.2, 0.25) is 5.91 Å². The number of halogens is 2. The van der Waals surface area contributed by atoms with Gasteiger partial charge in [-0.05, 0) is 30.5 Å². The molecule has 19 heavy (non-hydrogen) atoms. The third-order valence-corrected chi connectivity index (χ3v) is 3.26. The fourth-order valence-electron chi connectivity index (χ4n) is 2.20. The molecule has 5 heteroatoms. The summed E-state index contributed by atoms with van der Waals surface area (Å²) < 4.78 is 25.7. The predicted molar refractivity (Wildman–Crippen MR) is 65.5 cm³/mol. The first-order valence-corrected chi connectivity index (χ1v) is 6.29. The van der Waals surface area contributed by atoms with Gasteiger partial charge < -0.3 is 5.32 Å². The van der Waals surface area contributed by atoms with Crippen molar-refractivity contribution in [3.05, 3.63) is 35.4 Å². The SMILES string of the molecule is O=C1CCC(NC(=O)Cc2ccc(F)c(F)c2)CC1. The normalized spacial score (nSPS) is 16.4. The van der Waals surface area contributed by atoms with Gasteiger partial charge in [0.15, 0.2) is 11.6 Å². The Morgan fingerprint density at radius 1 is 1.21 bits per heavy atom. The number of carbonyl (C=O) groups is 2. The molecular weight excluding hydrogens is 252 g/mol. The summed E-state index contributed by atoms with van der Waals surface area (Å²) in [6.07, 6.45) is 2.32. The van der Waals surface area contributed by atoms with Gasteiger partial charge in [-0.3, -0.25) is 9.59 Å². The lowest BCUT2D eigenvalue weighted by Crippen LogP contribution is -2.38. The zero-order valence-electron chi connectivity index (χ0n) is 10.4. The first kappa shape index (κ1) is 13.6. The largest absolute Gasteiger partial charge is 0.353 e. The summed E-state index contributed by atoms with van der Waals surface area (Å²) in [6.45, 7) is 0. The number of hydrogen-bond donors (Lipinski definition) is 1. The van der Waals surface area contributed by atoms with Crippen LogP contribution < -0.4 is 5.32 Å². The van der Waals surface area contributed by atoms with Crippen LogP contribution in [0.4, 0.5) is 8.78 Å². The Morgan fingerprint density at radius 3 is 2.53 bits per heavy atom. The van der Waals surface area contributed by atoms with Crippen molar-refractivity contribution < 1.29 is 18.4 Å². The maximum atomic E-state index is 13.0. The maximum absolute atomic E-state index is 13.0. The van der Waals surface area contributed by atoms with Crippen LogP contribution in [0.15, 0.2) is 18.2 Å². The Hall–Kier alpha value is -1.78. The minimum atomic E-state index is -0.950. The lowest BCUT2D eigenvalue weighted by atomic mass is 9.94. The molecule has 0 aromatic heterocycles. The summed E-state index contributed by atoms with van der Waals surface area (Å²) in [5.41, 5.74) is 0.434. The van der Waals surface area contributed by atoms with Gasteiger partial charge in [0.05, 0.1) is 6.42 Å². The Kier molecular flexibility index (Phi) is 4.24. The molecule has 3 nitrogen and oxygen atoms in total. The smallest absolute Gasteiger partial charge is 0.224 e. The second-order valence-corrected chi connectivity index (χ2v) is 4.81. The van der Waals surface area contributed by atoms with E-state index >= 15 is 0 Å². The van der Waals surface area contributed by atoms with Crippen molar-refractivity contribution in [2.24, 2.45) is 0 Å². The van der Waals surface area contributed by atoms with Crippen molar-refractivity contribution >= 4 is 11.7 Å². The highest BCUT2D eigenvalue weighted by Crippen LogP contribution is 2.15. The van der Waals surface area contributed by atoms with E-state index in [2.05, 4.69) is 5.32 Å². The number of carbonyl (C=O) groups excluding carboxylic acids is 2. The Labute approximate surface area is 110 Å². The fraction of sp³-hybridized carbons (Fsp3) is 0.429. The molecule has 0 atom stereocenters. The number of benzene rings is 1. The molecule has 1 amide bonds. The van der Waals surface area contributed by atoms with Gasteiger partial charge in [-0.25, -0.2) is 8.78 Å². The molecule has 0 aliphatic heterocycles. The van der Waals surface area contributed by atoms with Gasteiger partial charge in [-0.15, -0.1) is 0 Å². The molecule has 0 saturated heterocycles. The molecule has 1 fully saturated rings. The van der Waals surface area contributed by atoms with E-state index in [1.807, 2.05) is 0 Å². The van der Waals surface area contributed by atoms with Crippen molar-refractivity contribution in [3.8, 4) is 0 Å². The first-order valence-electron chi connectivity index (χ1n) is 6.29. The van der Waals surface area contributed by atoms with Crippen LogP contribution in [0, 0.1) is 11.6 Å². The van der Waals surface area contributed by atoms with Gasteiger partial charge in [0, 0.05) is 18.9 Å². The third kappa shape index (κ3) is 3.84. The Bertz CT molecular complexity index is 492. The molecule has 1 aliphatic carbocycles. The van der Waals surface area contributed by atoms with Crippen LogP contribution in [-0.4, -0.2) is 17.7 Å². The number of Topliss-reactive ketones (excluding diaryl/α,β-unsaturated/α-hetero) is 1. The molecule has 1 aliphatic rings. The quantitative estimate of drug-likeness (QED) is 0.912. The molecule has 2 rings (SSSR count). The fourth-order valence-corrected chi connectivity index (χ4v) is 2.20. The van der Waals surface area contributed by atoms with Crippen molar-refractivity contribution in [3.63, 3.8) is 0 Å². The lowest BCUT2D eigenvalue weighted by Gasteiger charge is -2.22. The first-order chi connectivity index (χ1) is 9.04. The van der Waals surface area contributed by atoms with Crippen LogP contribution in [0.3, 0.4) is 0 Å². The molecule has 1 aromatic carbocycles. The molecule has 0 bridgehead atoms. The highest BCUT2D eigenvalue weighted by atomic mass is 19.2. The van der Waals surface area contributed by atoms with Gasteiger partial charge in [-0.2, -0.15) is 0 Å². The van der Waals surface area contributed by atoms with Crippen LogP contribution in [0.25, 0.3) is 0 Å². The Morgan fingerprint density at radius 2 is 1.89 bits per heavy atom. The van der Waals surface area contributed by atoms with Gasteiger partial charge in [0.25, 0.3) is 0 Å². The van der Waals surface area contributed by atoms with E-state index in [-0.39, 0.29) is 24.2 Å². The standard InChI is InChI=1S/C14H15F2NO2/c15-12-6-1-9(7-13(12)16)8-14(19)17-10-2-4-11(18)5-3-10/h1,6-7,10H,2-5,8H2,(H,17,19). The second-order valence-electron chi connectivity index (χ2n) is 4.81. The molecule has 0 unspecified atom stereocenters. The van der Waals surface area contributed by atoms with Crippen LogP contribution in [0.2, 0.25) is 0 Å². The molecule has 0 radical (unpaired) electrons. The summed E-state index contributed by atoms with van der Waals surface area (Å²) in [7, 11) is 0. The molecule has 1 N–H and O–H groups in total. The maximum Gasteiger partial charge on any atom is 0.224 e. The average Bonchev–Trinajstić information content (AvgIpc) is 2.37. The number of hydrogen-bond acceptors (Lipinski definition) is 2. The van der Waals surface area contributed by atoms with Crippen molar-refractivity contribution in [1.82, 2.24) is 5.32 Å². The van der Waals surface area contributed by atoms with E-state index in [9.17, 15) is 18.4 Å². The highest BCUT2D eigenvalue weighted by molar-refractivity contribution is 5.81. The minimum absolute atomic E-state index is 0.00972. The lowest BCUT2D eigenvalue weighted by molar-refractivity contribution is -0.124. The van der Waals surface area contributed by atoms with E-state index in [1.54, 1.807) is 0 Å². The second kappa shape index (κ2) is 5.91. The van der Waals surface area contributed by atoms with E-state index < -0.39 is 11.6 Å². The molecule has 1 aromatic rings. The Balaban J connectivity index is 1.87. The van der Waals surface area contributed by atoms with E-state index in [1.165, 1.54) is 6.07 Å². The predicted octanol–water partition coefficient (Wildman–Crippen LogP) is 2.14. The molecule has 1 saturated carbocycles. The molecule has 0 heterocycles. The van der Waals surface area contributed by atoms with Crippen LogP contribution in [0.5, 0.6) is 0 Å². The minimum Gasteiger partial charge on any atom is -0.353 e. The van der Waals surface area contributed by atoms with Gasteiger partial charge >= 0.3 is 0 Å². The average molecular weight is 267 g/mol. The summed E-state index contributed by atoms with van der Waals surface area (Å²) in [5, 5.41) is 2.81. The van der Waals surface area contributed by atoms with Crippen LogP contribution in [0.1, 0.15) is 31.2 Å². The zero-order chi connectivity index (χ0) is 13.8. The van der Waals surface area contributed by atoms with Crippen LogP contribution in [-0.2, 0) is 16.0 Å². The van der Waals surface area contributed by atoms with Gasteiger partial charge in [-0.1, -0.05) is 6.07 Å². The number of rotatable bonds is 3. The van der Waals surface area contributed by atoms with Crippen LogP contribution >= 0.6 is 0 Å². The summed E-state index contributed by atoms with van der Waals surface area (Å²) in [5.74, 6) is -1.88. The highest BCUT2D eigenvalue weighted by Gasteiger charge is 2.20. The summed E-state index contributed by atoms with van der Waals surface area (Å²) in [4.78, 5) is 22.8. The third-order valence-electron chi connectivity index (χ3n) is 3.26. The molecule has 0 spiro atoms.